The largest absolute Gasteiger partial charge is 0.416 e. The van der Waals surface area contributed by atoms with E-state index in [1.54, 1.807) is 0 Å². The van der Waals surface area contributed by atoms with Crippen LogP contribution in [-0.2, 0) is 6.18 Å². The molecular weight excluding hydrogens is 205 g/mol. The van der Waals surface area contributed by atoms with Crippen LogP contribution in [-0.4, -0.2) is 18.1 Å². The van der Waals surface area contributed by atoms with Crippen molar-refractivity contribution in [1.29, 1.82) is 0 Å². The van der Waals surface area contributed by atoms with Gasteiger partial charge in [-0.2, -0.15) is 13.2 Å². The third kappa shape index (κ3) is 2.12. The van der Waals surface area contributed by atoms with Gasteiger partial charge in [-0.25, -0.2) is 0 Å². The van der Waals surface area contributed by atoms with Gasteiger partial charge in [-0.3, -0.25) is 4.98 Å². The van der Waals surface area contributed by atoms with Crippen LogP contribution in [0.25, 0.3) is 0 Å². The maximum absolute atomic E-state index is 12.7. The van der Waals surface area contributed by atoms with Crippen LogP contribution >= 0.6 is 0 Å². The topological polar surface area (TPSA) is 24.9 Å². The molecule has 0 amide bonds. The van der Waals surface area contributed by atoms with E-state index in [2.05, 4.69) is 10.3 Å². The van der Waals surface area contributed by atoms with Gasteiger partial charge in [0.15, 0.2) is 0 Å². The second-order valence-corrected chi connectivity index (χ2v) is 3.65. The molecule has 1 aliphatic heterocycles. The van der Waals surface area contributed by atoms with Gasteiger partial charge >= 0.3 is 6.18 Å². The van der Waals surface area contributed by atoms with E-state index in [0.29, 0.717) is 12.1 Å². The normalized spacial score (nSPS) is 21.9. The highest BCUT2D eigenvalue weighted by atomic mass is 19.4. The summed E-state index contributed by atoms with van der Waals surface area (Å²) in [5.74, 6) is -0.0599. The SMILES string of the molecule is FC(F)(F)c1ccncc1C1CCNC1. The van der Waals surface area contributed by atoms with Gasteiger partial charge in [0.1, 0.15) is 0 Å². The summed E-state index contributed by atoms with van der Waals surface area (Å²) in [5, 5.41) is 3.05. The van der Waals surface area contributed by atoms with Crippen molar-refractivity contribution in [3.05, 3.63) is 29.6 Å². The van der Waals surface area contributed by atoms with Gasteiger partial charge in [0.05, 0.1) is 5.56 Å². The molecule has 0 spiro atoms. The van der Waals surface area contributed by atoms with Crippen molar-refractivity contribution in [1.82, 2.24) is 10.3 Å². The van der Waals surface area contributed by atoms with Crippen molar-refractivity contribution in [2.24, 2.45) is 0 Å². The molecule has 0 aromatic carbocycles. The van der Waals surface area contributed by atoms with Crippen molar-refractivity contribution >= 4 is 0 Å². The van der Waals surface area contributed by atoms with E-state index >= 15 is 0 Å². The van der Waals surface area contributed by atoms with E-state index in [9.17, 15) is 13.2 Å². The summed E-state index contributed by atoms with van der Waals surface area (Å²) in [4.78, 5) is 3.78. The fourth-order valence-electron chi connectivity index (χ4n) is 1.91. The molecular formula is C10H11F3N2. The van der Waals surface area contributed by atoms with Crippen molar-refractivity contribution in [3.8, 4) is 0 Å². The third-order valence-corrected chi connectivity index (χ3v) is 2.66. The number of aromatic nitrogens is 1. The first-order chi connectivity index (χ1) is 7.09. The van der Waals surface area contributed by atoms with E-state index < -0.39 is 11.7 Å². The van der Waals surface area contributed by atoms with Crippen LogP contribution in [0, 0.1) is 0 Å². The highest BCUT2D eigenvalue weighted by Gasteiger charge is 2.35. The van der Waals surface area contributed by atoms with E-state index in [0.717, 1.165) is 19.0 Å². The van der Waals surface area contributed by atoms with Crippen LogP contribution < -0.4 is 5.32 Å². The summed E-state index contributed by atoms with van der Waals surface area (Å²) in [6.07, 6.45) is -1.01. The Kier molecular flexibility index (Phi) is 2.65. The number of hydrogen-bond acceptors (Lipinski definition) is 2. The molecule has 2 rings (SSSR count). The average Bonchev–Trinajstić information content (AvgIpc) is 2.69. The Hall–Kier alpha value is -1.10. The summed E-state index contributed by atoms with van der Waals surface area (Å²) in [7, 11) is 0. The quantitative estimate of drug-likeness (QED) is 0.778. The van der Waals surface area contributed by atoms with Crippen LogP contribution in [0.5, 0.6) is 0 Å². The molecule has 2 nitrogen and oxygen atoms in total. The molecule has 1 unspecified atom stereocenters. The van der Waals surface area contributed by atoms with Gasteiger partial charge in [-0.15, -0.1) is 0 Å². The average molecular weight is 216 g/mol. The molecule has 2 heterocycles. The van der Waals surface area contributed by atoms with Crippen molar-refractivity contribution in [2.45, 2.75) is 18.5 Å². The predicted molar refractivity (Wildman–Crippen MR) is 49.5 cm³/mol. The molecule has 1 N–H and O–H groups in total. The Morgan fingerprint density at radius 2 is 2.20 bits per heavy atom. The summed E-state index contributed by atoms with van der Waals surface area (Å²) in [6.45, 7) is 1.38. The molecule has 1 aromatic rings. The maximum Gasteiger partial charge on any atom is 0.416 e. The standard InChI is InChI=1S/C10H11F3N2/c11-10(12,13)9-2-4-15-6-8(9)7-1-3-14-5-7/h2,4,6-7,14H,1,3,5H2. The Balaban J connectivity index is 2.37. The summed E-state index contributed by atoms with van der Waals surface area (Å²) < 4.78 is 38.0. The van der Waals surface area contributed by atoms with Gasteiger partial charge in [0.2, 0.25) is 0 Å². The number of pyridine rings is 1. The first-order valence-electron chi connectivity index (χ1n) is 4.81. The number of nitrogens with one attached hydrogen (secondary N) is 1. The van der Waals surface area contributed by atoms with E-state index in [-0.39, 0.29) is 5.92 Å². The first kappa shape index (κ1) is 10.4. The lowest BCUT2D eigenvalue weighted by atomic mass is 9.95. The Morgan fingerprint density at radius 1 is 1.40 bits per heavy atom. The van der Waals surface area contributed by atoms with E-state index in [1.165, 1.54) is 12.4 Å². The van der Waals surface area contributed by atoms with Crippen LogP contribution in [0.2, 0.25) is 0 Å². The predicted octanol–water partition coefficient (Wildman–Crippen LogP) is 2.18. The highest BCUT2D eigenvalue weighted by Crippen LogP contribution is 2.36. The molecule has 1 saturated heterocycles. The molecule has 1 aliphatic rings. The molecule has 1 atom stereocenters. The minimum absolute atomic E-state index is 0.0599. The summed E-state index contributed by atoms with van der Waals surface area (Å²) in [6, 6.07) is 1.05. The molecule has 0 bridgehead atoms. The zero-order valence-electron chi connectivity index (χ0n) is 8.01. The fraction of sp³-hybridized carbons (Fsp3) is 0.500. The minimum Gasteiger partial charge on any atom is -0.316 e. The van der Waals surface area contributed by atoms with Gasteiger partial charge in [-0.05, 0) is 30.5 Å². The van der Waals surface area contributed by atoms with Gasteiger partial charge in [0, 0.05) is 18.9 Å². The Labute approximate surface area is 85.5 Å². The first-order valence-corrected chi connectivity index (χ1v) is 4.81. The van der Waals surface area contributed by atoms with Gasteiger partial charge in [0.25, 0.3) is 0 Å². The van der Waals surface area contributed by atoms with Crippen LogP contribution in [0.1, 0.15) is 23.5 Å². The van der Waals surface area contributed by atoms with Crippen molar-refractivity contribution < 1.29 is 13.2 Å². The third-order valence-electron chi connectivity index (χ3n) is 2.66. The monoisotopic (exact) mass is 216 g/mol. The highest BCUT2D eigenvalue weighted by molar-refractivity contribution is 5.30. The summed E-state index contributed by atoms with van der Waals surface area (Å²) >= 11 is 0. The second-order valence-electron chi connectivity index (χ2n) is 3.65. The smallest absolute Gasteiger partial charge is 0.316 e. The fourth-order valence-corrected chi connectivity index (χ4v) is 1.91. The zero-order valence-corrected chi connectivity index (χ0v) is 8.01. The molecule has 15 heavy (non-hydrogen) atoms. The number of rotatable bonds is 1. The lowest BCUT2D eigenvalue weighted by molar-refractivity contribution is -0.138. The lowest BCUT2D eigenvalue weighted by Gasteiger charge is -2.15. The van der Waals surface area contributed by atoms with Gasteiger partial charge in [-0.1, -0.05) is 0 Å². The molecule has 0 saturated carbocycles. The minimum atomic E-state index is -4.28. The van der Waals surface area contributed by atoms with Gasteiger partial charge < -0.3 is 5.32 Å². The van der Waals surface area contributed by atoms with Crippen LogP contribution in [0.15, 0.2) is 18.5 Å². The molecule has 5 heteroatoms. The second kappa shape index (κ2) is 3.81. The maximum atomic E-state index is 12.7. The number of halogens is 3. The van der Waals surface area contributed by atoms with Crippen molar-refractivity contribution in [2.75, 3.05) is 13.1 Å². The zero-order chi connectivity index (χ0) is 10.9. The number of hydrogen-bond donors (Lipinski definition) is 1. The number of nitrogens with zero attached hydrogens (tertiary/aromatic N) is 1. The van der Waals surface area contributed by atoms with E-state index in [1.807, 2.05) is 0 Å². The Bertz CT molecular complexity index is 343. The molecule has 0 aliphatic carbocycles. The molecule has 1 fully saturated rings. The van der Waals surface area contributed by atoms with Crippen molar-refractivity contribution in [3.63, 3.8) is 0 Å². The van der Waals surface area contributed by atoms with Crippen LogP contribution in [0.3, 0.4) is 0 Å². The number of alkyl halides is 3. The lowest BCUT2D eigenvalue weighted by Crippen LogP contribution is -2.14. The Morgan fingerprint density at radius 3 is 2.80 bits per heavy atom. The molecule has 0 radical (unpaired) electrons. The van der Waals surface area contributed by atoms with Crippen LogP contribution in [0.4, 0.5) is 13.2 Å². The molecule has 1 aromatic heterocycles. The van der Waals surface area contributed by atoms with E-state index in [4.69, 9.17) is 0 Å². The molecule has 82 valence electrons. The summed E-state index contributed by atoms with van der Waals surface area (Å²) in [5.41, 5.74) is -0.235.